The van der Waals surface area contributed by atoms with Crippen molar-refractivity contribution in [3.05, 3.63) is 35.9 Å². The number of imide groups is 1. The first kappa shape index (κ1) is 17.4. The summed E-state index contributed by atoms with van der Waals surface area (Å²) < 4.78 is 22.9. The van der Waals surface area contributed by atoms with Gasteiger partial charge in [0.2, 0.25) is 5.91 Å². The predicted molar refractivity (Wildman–Crippen MR) is 89.2 cm³/mol. The second-order valence-electron chi connectivity index (χ2n) is 6.35. The van der Waals surface area contributed by atoms with E-state index in [0.717, 1.165) is 0 Å². The summed E-state index contributed by atoms with van der Waals surface area (Å²) in [5.74, 6) is -0.823. The minimum Gasteiger partial charge on any atom is -0.352 e. The molecule has 2 heterocycles. The highest BCUT2D eigenvalue weighted by molar-refractivity contribution is 7.91. The molecule has 0 bridgehead atoms. The third-order valence-corrected chi connectivity index (χ3v) is 6.30. The van der Waals surface area contributed by atoms with E-state index in [0.29, 0.717) is 12.0 Å². The second-order valence-corrected chi connectivity index (χ2v) is 8.58. The summed E-state index contributed by atoms with van der Waals surface area (Å²) in [6.45, 7) is 0. The minimum absolute atomic E-state index is 0.0147. The number of benzene rings is 1. The molecular formula is C16H19N3O5S. The molecule has 8 nitrogen and oxygen atoms in total. The zero-order valence-corrected chi connectivity index (χ0v) is 14.3. The van der Waals surface area contributed by atoms with Crippen molar-refractivity contribution in [1.82, 2.24) is 16.0 Å². The summed E-state index contributed by atoms with van der Waals surface area (Å²) in [6, 6.07) is 7.72. The van der Waals surface area contributed by atoms with Crippen LogP contribution in [-0.4, -0.2) is 43.8 Å². The van der Waals surface area contributed by atoms with Gasteiger partial charge in [-0.2, -0.15) is 0 Å². The lowest BCUT2D eigenvalue weighted by molar-refractivity contribution is -0.125. The number of sulfone groups is 1. The Labute approximate surface area is 145 Å². The molecule has 0 saturated carbocycles. The van der Waals surface area contributed by atoms with Gasteiger partial charge >= 0.3 is 6.03 Å². The largest absolute Gasteiger partial charge is 0.352 e. The van der Waals surface area contributed by atoms with Crippen molar-refractivity contribution in [1.29, 1.82) is 0 Å². The van der Waals surface area contributed by atoms with Crippen molar-refractivity contribution in [2.24, 2.45) is 0 Å². The molecule has 0 spiro atoms. The fourth-order valence-electron chi connectivity index (χ4n) is 3.25. The Morgan fingerprint density at radius 2 is 1.96 bits per heavy atom. The van der Waals surface area contributed by atoms with E-state index in [1.165, 1.54) is 0 Å². The zero-order valence-electron chi connectivity index (χ0n) is 13.4. The van der Waals surface area contributed by atoms with Gasteiger partial charge in [-0.3, -0.25) is 14.9 Å². The van der Waals surface area contributed by atoms with Crippen molar-refractivity contribution in [3.8, 4) is 0 Å². The molecular weight excluding hydrogens is 346 g/mol. The van der Waals surface area contributed by atoms with E-state index in [4.69, 9.17) is 0 Å². The Morgan fingerprint density at radius 3 is 2.52 bits per heavy atom. The van der Waals surface area contributed by atoms with Crippen LogP contribution in [0.2, 0.25) is 0 Å². The first-order valence-corrected chi connectivity index (χ1v) is 9.82. The molecule has 0 aliphatic carbocycles. The van der Waals surface area contributed by atoms with Crippen molar-refractivity contribution < 1.29 is 22.8 Å². The number of carbonyl (C=O) groups excluding carboxylic acids is 3. The van der Waals surface area contributed by atoms with Crippen LogP contribution in [0.1, 0.15) is 24.8 Å². The average Bonchev–Trinajstić information content (AvgIpc) is 3.05. The molecule has 0 aromatic heterocycles. The Bertz CT molecular complexity index is 808. The SMILES string of the molecule is O=C(CCC1(c2ccccc2)NC(=O)NC1=O)NC1CCS(=O)(=O)C1. The van der Waals surface area contributed by atoms with Crippen LogP contribution in [0.25, 0.3) is 0 Å². The van der Waals surface area contributed by atoms with E-state index < -0.39 is 33.4 Å². The highest BCUT2D eigenvalue weighted by Gasteiger charge is 2.47. The van der Waals surface area contributed by atoms with Crippen LogP contribution in [-0.2, 0) is 25.0 Å². The molecule has 2 atom stereocenters. The van der Waals surface area contributed by atoms with Gasteiger partial charge in [0.15, 0.2) is 9.84 Å². The molecule has 4 amide bonds. The van der Waals surface area contributed by atoms with E-state index in [1.807, 2.05) is 0 Å². The third-order valence-electron chi connectivity index (χ3n) is 4.53. The van der Waals surface area contributed by atoms with Gasteiger partial charge < -0.3 is 10.6 Å². The standard InChI is InChI=1S/C16H19N3O5S/c20-13(17-12-7-9-25(23,24)10-12)6-8-16(11-4-2-1-3-5-11)14(21)18-15(22)19-16/h1-5,12H,6-10H2,(H,17,20)(H2,18,19,21,22). The van der Waals surface area contributed by atoms with E-state index in [9.17, 15) is 22.8 Å². The smallest absolute Gasteiger partial charge is 0.322 e. The summed E-state index contributed by atoms with van der Waals surface area (Å²) in [6.07, 6.45) is 0.466. The summed E-state index contributed by atoms with van der Waals surface area (Å²) in [5, 5.41) is 7.52. The minimum atomic E-state index is -3.08. The highest BCUT2D eigenvalue weighted by Crippen LogP contribution is 2.30. The van der Waals surface area contributed by atoms with E-state index in [-0.39, 0.29) is 30.3 Å². The van der Waals surface area contributed by atoms with Gasteiger partial charge in [0.05, 0.1) is 11.5 Å². The Morgan fingerprint density at radius 1 is 1.24 bits per heavy atom. The Hall–Kier alpha value is -2.42. The van der Waals surface area contributed by atoms with Gasteiger partial charge in [0.25, 0.3) is 5.91 Å². The number of amides is 4. The third kappa shape index (κ3) is 3.65. The molecule has 0 radical (unpaired) electrons. The number of nitrogens with one attached hydrogen (secondary N) is 3. The molecule has 2 saturated heterocycles. The van der Waals surface area contributed by atoms with Crippen LogP contribution in [0.5, 0.6) is 0 Å². The van der Waals surface area contributed by atoms with Gasteiger partial charge in [-0.15, -0.1) is 0 Å². The lowest BCUT2D eigenvalue weighted by atomic mass is 9.85. The fourth-order valence-corrected chi connectivity index (χ4v) is 4.92. The molecule has 1 aromatic carbocycles. The average molecular weight is 365 g/mol. The summed E-state index contributed by atoms with van der Waals surface area (Å²) >= 11 is 0. The van der Waals surface area contributed by atoms with Gasteiger partial charge in [0.1, 0.15) is 5.54 Å². The monoisotopic (exact) mass is 365 g/mol. The Kier molecular flexibility index (Phi) is 4.51. The molecule has 3 N–H and O–H groups in total. The second kappa shape index (κ2) is 6.47. The molecule has 2 fully saturated rings. The van der Waals surface area contributed by atoms with E-state index >= 15 is 0 Å². The van der Waals surface area contributed by atoms with Crippen LogP contribution < -0.4 is 16.0 Å². The van der Waals surface area contributed by atoms with Crippen LogP contribution in [0.3, 0.4) is 0 Å². The molecule has 2 aliphatic rings. The topological polar surface area (TPSA) is 121 Å². The van der Waals surface area contributed by atoms with E-state index in [2.05, 4.69) is 16.0 Å². The molecule has 2 aliphatic heterocycles. The van der Waals surface area contributed by atoms with Crippen LogP contribution in [0, 0.1) is 0 Å². The quantitative estimate of drug-likeness (QED) is 0.624. The van der Waals surface area contributed by atoms with Crippen molar-refractivity contribution >= 4 is 27.7 Å². The number of urea groups is 1. The fraction of sp³-hybridized carbons (Fsp3) is 0.438. The van der Waals surface area contributed by atoms with Crippen molar-refractivity contribution in [3.63, 3.8) is 0 Å². The van der Waals surface area contributed by atoms with Crippen molar-refractivity contribution in [2.45, 2.75) is 30.8 Å². The van der Waals surface area contributed by atoms with Gasteiger partial charge in [-0.25, -0.2) is 13.2 Å². The normalized spacial score (nSPS) is 27.6. The number of hydrogen-bond donors (Lipinski definition) is 3. The summed E-state index contributed by atoms with van der Waals surface area (Å²) in [5.41, 5.74) is -0.702. The maximum Gasteiger partial charge on any atom is 0.322 e. The van der Waals surface area contributed by atoms with Crippen LogP contribution in [0.4, 0.5) is 4.79 Å². The molecule has 9 heteroatoms. The molecule has 2 unspecified atom stereocenters. The van der Waals surface area contributed by atoms with Gasteiger partial charge in [-0.1, -0.05) is 30.3 Å². The Balaban J connectivity index is 1.69. The lowest BCUT2D eigenvalue weighted by Gasteiger charge is -2.26. The maximum absolute atomic E-state index is 12.3. The predicted octanol–water partition coefficient (Wildman–Crippen LogP) is -0.195. The summed E-state index contributed by atoms with van der Waals surface area (Å²) in [7, 11) is -3.08. The molecule has 134 valence electrons. The molecule has 1 aromatic rings. The van der Waals surface area contributed by atoms with E-state index in [1.54, 1.807) is 30.3 Å². The number of hydrogen-bond acceptors (Lipinski definition) is 5. The van der Waals surface area contributed by atoms with Gasteiger partial charge in [-0.05, 0) is 18.4 Å². The lowest BCUT2D eigenvalue weighted by Crippen LogP contribution is -2.45. The molecule has 25 heavy (non-hydrogen) atoms. The number of rotatable bonds is 5. The first-order chi connectivity index (χ1) is 11.8. The molecule has 3 rings (SSSR count). The summed E-state index contributed by atoms with van der Waals surface area (Å²) in [4.78, 5) is 36.1. The van der Waals surface area contributed by atoms with Gasteiger partial charge in [0, 0.05) is 12.5 Å². The van der Waals surface area contributed by atoms with Crippen molar-refractivity contribution in [2.75, 3.05) is 11.5 Å². The van der Waals surface area contributed by atoms with Crippen LogP contribution >= 0.6 is 0 Å². The maximum atomic E-state index is 12.3. The van der Waals surface area contributed by atoms with Crippen LogP contribution in [0.15, 0.2) is 30.3 Å². The highest BCUT2D eigenvalue weighted by atomic mass is 32.2. The zero-order chi connectivity index (χ0) is 18.1. The first-order valence-electron chi connectivity index (χ1n) is 8.00. The number of carbonyl (C=O) groups is 3.